The van der Waals surface area contributed by atoms with E-state index in [-0.39, 0.29) is 11.8 Å². The van der Waals surface area contributed by atoms with Gasteiger partial charge < -0.3 is 14.8 Å². The molecule has 1 aliphatic heterocycles. The summed E-state index contributed by atoms with van der Waals surface area (Å²) in [6.07, 6.45) is 0.0611. The molecule has 0 saturated heterocycles. The number of ether oxygens (including phenoxy) is 2. The van der Waals surface area contributed by atoms with E-state index in [1.807, 2.05) is 54.8 Å². The lowest BCUT2D eigenvalue weighted by atomic mass is 10.1. The first kappa shape index (κ1) is 22.9. The largest absolute Gasteiger partial charge is 0.479 e. The summed E-state index contributed by atoms with van der Waals surface area (Å²) in [5.74, 6) is 0.0362. The van der Waals surface area contributed by atoms with E-state index in [9.17, 15) is 9.59 Å². The Kier molecular flexibility index (Phi) is 6.76. The summed E-state index contributed by atoms with van der Waals surface area (Å²) in [7, 11) is 1.67. The van der Waals surface area contributed by atoms with Crippen molar-refractivity contribution in [1.29, 1.82) is 0 Å². The van der Waals surface area contributed by atoms with Crippen LogP contribution < -0.4 is 15.0 Å². The highest BCUT2D eigenvalue weighted by molar-refractivity contribution is 7.09. The number of fused-ring (bicyclic) bond motifs is 1. The van der Waals surface area contributed by atoms with Crippen LogP contribution in [0.5, 0.6) is 5.75 Å². The van der Waals surface area contributed by atoms with Crippen LogP contribution in [-0.4, -0.2) is 42.7 Å². The zero-order chi connectivity index (χ0) is 23.5. The van der Waals surface area contributed by atoms with Crippen molar-refractivity contribution < 1.29 is 19.1 Å². The van der Waals surface area contributed by atoms with E-state index in [4.69, 9.17) is 9.47 Å². The van der Waals surface area contributed by atoms with Gasteiger partial charge >= 0.3 is 0 Å². The molecule has 0 bridgehead atoms. The lowest BCUT2D eigenvalue weighted by molar-refractivity contribution is -0.128. The third kappa shape index (κ3) is 4.91. The molecule has 7 nitrogen and oxygen atoms in total. The molecule has 1 aromatic heterocycles. The van der Waals surface area contributed by atoms with Crippen LogP contribution in [0.15, 0.2) is 47.8 Å². The Balaban J connectivity index is 1.63. The molecular weight excluding hydrogens is 438 g/mol. The number of methoxy groups -OCH3 is 1. The van der Waals surface area contributed by atoms with E-state index < -0.39 is 12.1 Å². The first-order valence-corrected chi connectivity index (χ1v) is 11.7. The van der Waals surface area contributed by atoms with E-state index in [1.165, 1.54) is 4.90 Å². The molecule has 1 N–H and O–H groups in total. The minimum atomic E-state index is -0.730. The molecule has 8 heteroatoms. The topological polar surface area (TPSA) is 80.8 Å². The summed E-state index contributed by atoms with van der Waals surface area (Å²) in [5.41, 5.74) is 4.03. The molecule has 0 aliphatic carbocycles. The van der Waals surface area contributed by atoms with Gasteiger partial charge in [-0.2, -0.15) is 0 Å². The number of hydrogen-bond acceptors (Lipinski definition) is 6. The average molecular weight is 466 g/mol. The monoisotopic (exact) mass is 465 g/mol. The molecule has 3 aromatic rings. The molecule has 2 heterocycles. The van der Waals surface area contributed by atoms with Crippen LogP contribution in [0.2, 0.25) is 0 Å². The van der Waals surface area contributed by atoms with Gasteiger partial charge in [0, 0.05) is 30.2 Å². The predicted octanol–water partition coefficient (Wildman–Crippen LogP) is 4.45. The molecule has 172 valence electrons. The van der Waals surface area contributed by atoms with Crippen LogP contribution in [0.3, 0.4) is 0 Å². The molecule has 0 fully saturated rings. The van der Waals surface area contributed by atoms with Gasteiger partial charge in [-0.05, 0) is 51.1 Å². The number of nitrogens with one attached hydrogen (secondary N) is 1. The fourth-order valence-electron chi connectivity index (χ4n) is 3.67. The number of nitrogens with zero attached hydrogens (tertiary/aromatic N) is 2. The molecule has 4 rings (SSSR count). The third-order valence-electron chi connectivity index (χ3n) is 5.56. The summed E-state index contributed by atoms with van der Waals surface area (Å²) in [4.78, 5) is 32.3. The zero-order valence-electron chi connectivity index (χ0n) is 19.1. The Morgan fingerprint density at radius 3 is 2.76 bits per heavy atom. The molecule has 0 spiro atoms. The molecule has 1 aliphatic rings. The van der Waals surface area contributed by atoms with Crippen molar-refractivity contribution in [2.45, 2.75) is 39.3 Å². The fraction of sp³-hybridized carbons (Fsp3) is 0.320. The standard InChI is InChI=1S/C25H27N3O4S/c1-15-5-8-19(9-6-15)26-24(29)16(2)28-21-13-18(7-10-22(21)32-17(3)25(28)30)20-14-33-23(27-20)11-12-31-4/h5-10,13-14,16-17H,11-12H2,1-4H3,(H,26,29). The highest BCUT2D eigenvalue weighted by atomic mass is 32.1. The van der Waals surface area contributed by atoms with Gasteiger partial charge in [0.1, 0.15) is 11.8 Å². The lowest BCUT2D eigenvalue weighted by Gasteiger charge is -2.36. The maximum absolute atomic E-state index is 13.1. The SMILES string of the molecule is COCCc1nc(-c2ccc3c(c2)N(C(C)C(=O)Nc2ccc(C)cc2)C(=O)C(C)O3)cs1. The molecule has 2 atom stereocenters. The fourth-order valence-corrected chi connectivity index (χ4v) is 4.46. The first-order valence-electron chi connectivity index (χ1n) is 10.8. The van der Waals surface area contributed by atoms with Crippen LogP contribution in [0.1, 0.15) is 24.4 Å². The minimum absolute atomic E-state index is 0.259. The zero-order valence-corrected chi connectivity index (χ0v) is 19.9. The van der Waals surface area contributed by atoms with E-state index in [0.29, 0.717) is 23.7 Å². The van der Waals surface area contributed by atoms with Crippen molar-refractivity contribution in [3.63, 3.8) is 0 Å². The Labute approximate surface area is 197 Å². The Hall–Kier alpha value is -3.23. The summed E-state index contributed by atoms with van der Waals surface area (Å²) in [6, 6.07) is 12.4. The highest BCUT2D eigenvalue weighted by Crippen LogP contribution is 2.39. The molecular formula is C25H27N3O4S. The lowest BCUT2D eigenvalue weighted by Crippen LogP contribution is -2.52. The normalized spacial score (nSPS) is 16.2. The summed E-state index contributed by atoms with van der Waals surface area (Å²) in [6.45, 7) is 6.01. The number of rotatable bonds is 7. The van der Waals surface area contributed by atoms with Crippen LogP contribution in [0.25, 0.3) is 11.3 Å². The number of aryl methyl sites for hydroxylation is 1. The van der Waals surface area contributed by atoms with Gasteiger partial charge in [0.25, 0.3) is 5.91 Å². The van der Waals surface area contributed by atoms with Crippen molar-refractivity contribution >= 4 is 34.5 Å². The number of carbonyl (C=O) groups excluding carboxylic acids is 2. The second kappa shape index (κ2) is 9.72. The van der Waals surface area contributed by atoms with Crippen molar-refractivity contribution in [2.24, 2.45) is 0 Å². The highest BCUT2D eigenvalue weighted by Gasteiger charge is 2.37. The number of hydrogen-bond donors (Lipinski definition) is 1. The number of thiazole rings is 1. The predicted molar refractivity (Wildman–Crippen MR) is 130 cm³/mol. The maximum atomic E-state index is 13.1. The van der Waals surface area contributed by atoms with Gasteiger partial charge in [-0.3, -0.25) is 14.5 Å². The molecule has 0 saturated carbocycles. The maximum Gasteiger partial charge on any atom is 0.268 e. The third-order valence-corrected chi connectivity index (χ3v) is 6.47. The Morgan fingerprint density at radius 2 is 2.03 bits per heavy atom. The van der Waals surface area contributed by atoms with Gasteiger partial charge in [-0.15, -0.1) is 11.3 Å². The van der Waals surface area contributed by atoms with Gasteiger partial charge in [0.15, 0.2) is 6.10 Å². The molecule has 33 heavy (non-hydrogen) atoms. The van der Waals surface area contributed by atoms with E-state index in [2.05, 4.69) is 10.3 Å². The smallest absolute Gasteiger partial charge is 0.268 e. The van der Waals surface area contributed by atoms with Gasteiger partial charge in [0.2, 0.25) is 5.91 Å². The quantitative estimate of drug-likeness (QED) is 0.558. The number of carbonyl (C=O) groups is 2. The van der Waals surface area contributed by atoms with Crippen LogP contribution in [0, 0.1) is 6.92 Å². The Morgan fingerprint density at radius 1 is 1.27 bits per heavy atom. The molecule has 2 unspecified atom stereocenters. The molecule has 0 radical (unpaired) electrons. The van der Waals surface area contributed by atoms with Crippen LogP contribution in [0.4, 0.5) is 11.4 Å². The van der Waals surface area contributed by atoms with Crippen LogP contribution in [-0.2, 0) is 20.7 Å². The molecule has 2 aromatic carbocycles. The molecule has 2 amide bonds. The Bertz CT molecular complexity index is 1160. The van der Waals surface area contributed by atoms with Crippen molar-refractivity contribution in [1.82, 2.24) is 4.98 Å². The minimum Gasteiger partial charge on any atom is -0.479 e. The van der Waals surface area contributed by atoms with E-state index in [0.717, 1.165) is 28.2 Å². The van der Waals surface area contributed by atoms with Crippen molar-refractivity contribution in [3.8, 4) is 17.0 Å². The van der Waals surface area contributed by atoms with Gasteiger partial charge in [0.05, 0.1) is 23.0 Å². The summed E-state index contributed by atoms with van der Waals surface area (Å²) in [5, 5.41) is 5.87. The summed E-state index contributed by atoms with van der Waals surface area (Å²) < 4.78 is 11.0. The van der Waals surface area contributed by atoms with Crippen molar-refractivity contribution in [2.75, 3.05) is 23.9 Å². The van der Waals surface area contributed by atoms with Gasteiger partial charge in [-0.25, -0.2) is 4.98 Å². The second-order valence-electron chi connectivity index (χ2n) is 8.05. The summed E-state index contributed by atoms with van der Waals surface area (Å²) >= 11 is 1.57. The number of anilines is 2. The number of amides is 2. The number of benzene rings is 2. The van der Waals surface area contributed by atoms with Crippen LogP contribution >= 0.6 is 11.3 Å². The van der Waals surface area contributed by atoms with Gasteiger partial charge in [-0.1, -0.05) is 17.7 Å². The van der Waals surface area contributed by atoms with E-state index >= 15 is 0 Å². The van der Waals surface area contributed by atoms with E-state index in [1.54, 1.807) is 32.3 Å². The second-order valence-corrected chi connectivity index (χ2v) is 8.99. The average Bonchev–Trinajstić information content (AvgIpc) is 3.28. The first-order chi connectivity index (χ1) is 15.9. The van der Waals surface area contributed by atoms with Crippen molar-refractivity contribution in [3.05, 3.63) is 58.4 Å². The number of aromatic nitrogens is 1.